The van der Waals surface area contributed by atoms with Gasteiger partial charge in [0, 0.05) is 26.7 Å². The summed E-state index contributed by atoms with van der Waals surface area (Å²) in [7, 11) is 3.38. The van der Waals surface area contributed by atoms with Crippen LogP contribution in [0.3, 0.4) is 0 Å². The van der Waals surface area contributed by atoms with Crippen LogP contribution in [-0.4, -0.2) is 43.4 Å². The van der Waals surface area contributed by atoms with Gasteiger partial charge in [-0.15, -0.1) is 0 Å². The lowest BCUT2D eigenvalue weighted by Crippen LogP contribution is -2.35. The van der Waals surface area contributed by atoms with E-state index in [1.54, 1.807) is 55.4 Å². The molecule has 1 aromatic heterocycles. The van der Waals surface area contributed by atoms with Gasteiger partial charge in [-0.2, -0.15) is 0 Å². The SMILES string of the molecule is CC(C)C(N)CCN(C)C(=O)c1ccccc1N(C)C(=O)c1ccco1. The van der Waals surface area contributed by atoms with E-state index in [0.29, 0.717) is 23.7 Å². The molecule has 26 heavy (non-hydrogen) atoms. The van der Waals surface area contributed by atoms with E-state index in [2.05, 4.69) is 13.8 Å². The molecule has 0 aliphatic rings. The van der Waals surface area contributed by atoms with Crippen molar-refractivity contribution in [3.63, 3.8) is 0 Å². The van der Waals surface area contributed by atoms with E-state index >= 15 is 0 Å². The fraction of sp³-hybridized carbons (Fsp3) is 0.400. The fourth-order valence-corrected chi connectivity index (χ4v) is 2.61. The average molecular weight is 357 g/mol. The Morgan fingerprint density at radius 1 is 1.08 bits per heavy atom. The van der Waals surface area contributed by atoms with Gasteiger partial charge in [0.1, 0.15) is 0 Å². The van der Waals surface area contributed by atoms with Crippen LogP contribution in [0.1, 0.15) is 41.2 Å². The van der Waals surface area contributed by atoms with E-state index in [4.69, 9.17) is 10.2 Å². The van der Waals surface area contributed by atoms with E-state index in [1.807, 2.05) is 0 Å². The predicted molar refractivity (Wildman–Crippen MR) is 102 cm³/mol. The Morgan fingerprint density at radius 2 is 1.77 bits per heavy atom. The summed E-state index contributed by atoms with van der Waals surface area (Å²) in [5.41, 5.74) is 7.08. The highest BCUT2D eigenvalue weighted by Crippen LogP contribution is 2.23. The second-order valence-electron chi connectivity index (χ2n) is 6.78. The van der Waals surface area contributed by atoms with Crippen LogP contribution in [0.4, 0.5) is 5.69 Å². The molecule has 2 N–H and O–H groups in total. The van der Waals surface area contributed by atoms with Crippen molar-refractivity contribution in [1.82, 2.24) is 4.90 Å². The molecule has 0 fully saturated rings. The second kappa shape index (κ2) is 8.67. The molecule has 0 spiro atoms. The highest BCUT2D eigenvalue weighted by atomic mass is 16.3. The summed E-state index contributed by atoms with van der Waals surface area (Å²) < 4.78 is 5.17. The summed E-state index contributed by atoms with van der Waals surface area (Å²) in [4.78, 5) is 28.5. The summed E-state index contributed by atoms with van der Waals surface area (Å²) in [6.45, 7) is 4.69. The topological polar surface area (TPSA) is 79.8 Å². The molecule has 6 heteroatoms. The van der Waals surface area contributed by atoms with Gasteiger partial charge in [0.05, 0.1) is 17.5 Å². The standard InChI is InChI=1S/C20H27N3O3/c1-14(2)16(21)11-12-22(3)19(24)15-8-5-6-9-17(15)23(4)20(25)18-10-7-13-26-18/h5-10,13-14,16H,11-12,21H2,1-4H3. The molecule has 1 atom stereocenters. The first kappa shape index (κ1) is 19.7. The molecule has 0 radical (unpaired) electrons. The summed E-state index contributed by atoms with van der Waals surface area (Å²) in [5.74, 6) is 0.143. The minimum atomic E-state index is -0.306. The van der Waals surface area contributed by atoms with Gasteiger partial charge in [0.25, 0.3) is 11.8 Å². The first-order valence-corrected chi connectivity index (χ1v) is 8.74. The van der Waals surface area contributed by atoms with Crippen LogP contribution < -0.4 is 10.6 Å². The minimum absolute atomic E-state index is 0.0451. The number of amides is 2. The molecule has 1 aromatic carbocycles. The zero-order valence-electron chi connectivity index (χ0n) is 15.8. The summed E-state index contributed by atoms with van der Waals surface area (Å²) in [6.07, 6.45) is 2.17. The van der Waals surface area contributed by atoms with Gasteiger partial charge in [-0.1, -0.05) is 26.0 Å². The highest BCUT2D eigenvalue weighted by molar-refractivity contribution is 6.08. The number of nitrogens with two attached hydrogens (primary N) is 1. The van der Waals surface area contributed by atoms with Gasteiger partial charge < -0.3 is 20.0 Å². The molecule has 2 rings (SSSR count). The summed E-state index contributed by atoms with van der Waals surface area (Å²) in [6, 6.07) is 10.4. The van der Waals surface area contributed by atoms with Crippen LogP contribution in [0, 0.1) is 5.92 Å². The molecule has 6 nitrogen and oxygen atoms in total. The maximum atomic E-state index is 12.9. The number of rotatable bonds is 7. The van der Waals surface area contributed by atoms with Crippen LogP contribution in [0.25, 0.3) is 0 Å². The number of nitrogens with zero attached hydrogens (tertiary/aromatic N) is 2. The highest BCUT2D eigenvalue weighted by Gasteiger charge is 2.23. The third-order valence-corrected chi connectivity index (χ3v) is 4.53. The summed E-state index contributed by atoms with van der Waals surface area (Å²) >= 11 is 0. The van der Waals surface area contributed by atoms with Crippen molar-refractivity contribution in [2.75, 3.05) is 25.5 Å². The molecule has 2 aromatic rings. The maximum Gasteiger partial charge on any atom is 0.293 e. The lowest BCUT2D eigenvalue weighted by Gasteiger charge is -2.24. The Hall–Kier alpha value is -2.60. The zero-order valence-corrected chi connectivity index (χ0v) is 15.8. The van der Waals surface area contributed by atoms with Crippen molar-refractivity contribution in [2.24, 2.45) is 11.7 Å². The number of carbonyl (C=O) groups excluding carboxylic acids is 2. The number of benzene rings is 1. The first-order chi connectivity index (χ1) is 12.3. The lowest BCUT2D eigenvalue weighted by molar-refractivity contribution is 0.0790. The van der Waals surface area contributed by atoms with Crippen LogP contribution in [0.5, 0.6) is 0 Å². The van der Waals surface area contributed by atoms with E-state index in [0.717, 1.165) is 6.42 Å². The van der Waals surface area contributed by atoms with E-state index in [-0.39, 0.29) is 23.6 Å². The van der Waals surface area contributed by atoms with Gasteiger partial charge in [-0.05, 0) is 36.6 Å². The summed E-state index contributed by atoms with van der Waals surface area (Å²) in [5, 5.41) is 0. The maximum absolute atomic E-state index is 12.9. The Morgan fingerprint density at radius 3 is 2.38 bits per heavy atom. The fourth-order valence-electron chi connectivity index (χ4n) is 2.61. The lowest BCUT2D eigenvalue weighted by atomic mass is 10.0. The molecular formula is C20H27N3O3. The molecule has 0 saturated carbocycles. The van der Waals surface area contributed by atoms with Gasteiger partial charge in [-0.25, -0.2) is 0 Å². The minimum Gasteiger partial charge on any atom is -0.459 e. The van der Waals surface area contributed by atoms with Crippen molar-refractivity contribution < 1.29 is 14.0 Å². The molecule has 0 aliphatic heterocycles. The third-order valence-electron chi connectivity index (χ3n) is 4.53. The number of furan rings is 1. The van der Waals surface area contributed by atoms with E-state index in [9.17, 15) is 9.59 Å². The monoisotopic (exact) mass is 357 g/mol. The number of para-hydroxylation sites is 1. The molecule has 1 unspecified atom stereocenters. The molecule has 0 saturated heterocycles. The van der Waals surface area contributed by atoms with Gasteiger partial charge in [0.2, 0.25) is 0 Å². The number of carbonyl (C=O) groups is 2. The van der Waals surface area contributed by atoms with Crippen molar-refractivity contribution in [2.45, 2.75) is 26.3 Å². The third kappa shape index (κ3) is 4.52. The predicted octanol–water partition coefficient (Wildman–Crippen LogP) is 3.00. The van der Waals surface area contributed by atoms with Crippen LogP contribution >= 0.6 is 0 Å². The van der Waals surface area contributed by atoms with Crippen LogP contribution in [0.2, 0.25) is 0 Å². The number of hydrogen-bond donors (Lipinski definition) is 1. The molecule has 0 bridgehead atoms. The van der Waals surface area contributed by atoms with Crippen molar-refractivity contribution in [3.8, 4) is 0 Å². The van der Waals surface area contributed by atoms with E-state index < -0.39 is 0 Å². The van der Waals surface area contributed by atoms with Crippen molar-refractivity contribution in [1.29, 1.82) is 0 Å². The van der Waals surface area contributed by atoms with Gasteiger partial charge in [-0.3, -0.25) is 9.59 Å². The Balaban J connectivity index is 2.17. The first-order valence-electron chi connectivity index (χ1n) is 8.74. The van der Waals surface area contributed by atoms with Gasteiger partial charge in [0.15, 0.2) is 5.76 Å². The zero-order chi connectivity index (χ0) is 19.3. The molecule has 140 valence electrons. The van der Waals surface area contributed by atoms with E-state index in [1.165, 1.54) is 11.2 Å². The average Bonchev–Trinajstić information content (AvgIpc) is 3.18. The molecule has 0 aliphatic carbocycles. The van der Waals surface area contributed by atoms with Gasteiger partial charge >= 0.3 is 0 Å². The Bertz CT molecular complexity index is 741. The molecular weight excluding hydrogens is 330 g/mol. The van der Waals surface area contributed by atoms with Crippen molar-refractivity contribution in [3.05, 3.63) is 54.0 Å². The quantitative estimate of drug-likeness (QED) is 0.826. The number of hydrogen-bond acceptors (Lipinski definition) is 4. The Labute approximate surface area is 154 Å². The van der Waals surface area contributed by atoms with Crippen molar-refractivity contribution >= 4 is 17.5 Å². The van der Waals surface area contributed by atoms with Crippen LogP contribution in [-0.2, 0) is 0 Å². The smallest absolute Gasteiger partial charge is 0.293 e. The number of anilines is 1. The molecule has 1 heterocycles. The Kier molecular flexibility index (Phi) is 6.58. The van der Waals surface area contributed by atoms with Crippen LogP contribution in [0.15, 0.2) is 47.1 Å². The largest absolute Gasteiger partial charge is 0.459 e. The normalized spacial score (nSPS) is 12.1. The molecule has 2 amide bonds. The second-order valence-corrected chi connectivity index (χ2v) is 6.78.